The van der Waals surface area contributed by atoms with E-state index in [9.17, 15) is 0 Å². The molecule has 0 heterocycles. The summed E-state index contributed by atoms with van der Waals surface area (Å²) in [6.07, 6.45) is 1.25. The summed E-state index contributed by atoms with van der Waals surface area (Å²) in [4.78, 5) is 4.83. The number of aliphatic imine (C=N–C) groups is 1. The van der Waals surface area contributed by atoms with Crippen molar-refractivity contribution in [1.29, 1.82) is 0 Å². The molecule has 0 amide bonds. The van der Waals surface area contributed by atoms with Gasteiger partial charge in [0.15, 0.2) is 0 Å². The monoisotopic (exact) mass is 159 g/mol. The Morgan fingerprint density at radius 3 is 2.10 bits per heavy atom. The fourth-order valence-electron chi connectivity index (χ4n) is 0.143. The first-order valence-electron chi connectivity index (χ1n) is 3.41. The van der Waals surface area contributed by atoms with Gasteiger partial charge >= 0.3 is 0 Å². The fourth-order valence-corrected chi connectivity index (χ4v) is 0.428. The summed E-state index contributed by atoms with van der Waals surface area (Å²) in [6, 6.07) is 0. The van der Waals surface area contributed by atoms with Crippen molar-refractivity contribution < 1.29 is 0 Å². The van der Waals surface area contributed by atoms with Gasteiger partial charge in [0.1, 0.15) is 0 Å². The van der Waals surface area contributed by atoms with Gasteiger partial charge in [-0.05, 0) is 11.8 Å². The average Bonchev–Trinajstić information content (AvgIpc) is 1.85. The first-order chi connectivity index (χ1) is 4.68. The van der Waals surface area contributed by atoms with Crippen LogP contribution in [0.5, 0.6) is 0 Å². The summed E-state index contributed by atoms with van der Waals surface area (Å²) in [6.45, 7) is 9.87. The molecule has 0 radical (unpaired) electrons. The van der Waals surface area contributed by atoms with Gasteiger partial charge in [-0.25, -0.2) is 0 Å². The van der Waals surface area contributed by atoms with Crippen LogP contribution in [-0.4, -0.2) is 12.6 Å². The number of hydrogen-bond acceptors (Lipinski definition) is 2. The molecule has 0 atom stereocenters. The molecule has 0 aliphatic rings. The second-order valence-corrected chi connectivity index (χ2v) is 3.03. The highest BCUT2D eigenvalue weighted by Crippen LogP contribution is 2.06. The number of hydrogen-bond donors (Lipinski definition) is 0. The summed E-state index contributed by atoms with van der Waals surface area (Å²) in [7, 11) is 1.75. The molecule has 60 valence electrons. The zero-order valence-corrected chi connectivity index (χ0v) is 8.16. The van der Waals surface area contributed by atoms with E-state index in [1.54, 1.807) is 24.4 Å². The first-order valence-corrected chi connectivity index (χ1v) is 4.29. The van der Waals surface area contributed by atoms with Crippen molar-refractivity contribution >= 4 is 17.3 Å². The third kappa shape index (κ3) is 25.1. The first kappa shape index (κ1) is 12.4. The van der Waals surface area contributed by atoms with E-state index in [0.29, 0.717) is 0 Å². The van der Waals surface area contributed by atoms with Gasteiger partial charge in [-0.1, -0.05) is 38.6 Å². The van der Waals surface area contributed by atoms with Gasteiger partial charge in [-0.15, -0.1) is 0 Å². The van der Waals surface area contributed by atoms with Crippen LogP contribution in [-0.2, 0) is 0 Å². The number of thioether (sulfide) groups is 1. The quantitative estimate of drug-likeness (QED) is 0.444. The molecular formula is C8H17NS. The van der Waals surface area contributed by atoms with Crippen LogP contribution in [0.3, 0.4) is 0 Å². The van der Waals surface area contributed by atoms with Crippen LogP contribution in [0.1, 0.15) is 27.2 Å². The Hall–Kier alpha value is -0.240. The van der Waals surface area contributed by atoms with Crippen LogP contribution < -0.4 is 0 Å². The van der Waals surface area contributed by atoms with Gasteiger partial charge in [0.25, 0.3) is 0 Å². The normalized spacial score (nSPS) is 8.80. The molecule has 10 heavy (non-hydrogen) atoms. The Bertz CT molecular complexity index is 97.4. The second-order valence-electron chi connectivity index (χ2n) is 1.89. The molecule has 2 heteroatoms. The standard InChI is InChI=1S/C5H9NS.C3H8/c1-5(2)7-4-6-3;1-3-2/h4H,1H2,2-3H3;3H2,1-2H3. The van der Waals surface area contributed by atoms with E-state index in [0.717, 1.165) is 4.91 Å². The minimum Gasteiger partial charge on any atom is -0.289 e. The van der Waals surface area contributed by atoms with Crippen molar-refractivity contribution in [3.05, 3.63) is 11.5 Å². The number of rotatable bonds is 2. The Morgan fingerprint density at radius 1 is 1.60 bits per heavy atom. The van der Waals surface area contributed by atoms with Gasteiger partial charge in [-0.2, -0.15) is 0 Å². The Morgan fingerprint density at radius 2 is 2.00 bits per heavy atom. The molecule has 0 spiro atoms. The summed E-state index contributed by atoms with van der Waals surface area (Å²) in [5, 5.41) is 0. The maximum absolute atomic E-state index is 3.75. The minimum absolute atomic E-state index is 1.07. The maximum Gasteiger partial charge on any atom is 0.0582 e. The summed E-state index contributed by atoms with van der Waals surface area (Å²) >= 11 is 1.55. The van der Waals surface area contributed by atoms with Gasteiger partial charge < -0.3 is 0 Å². The number of allylic oxidation sites excluding steroid dienone is 1. The van der Waals surface area contributed by atoms with E-state index >= 15 is 0 Å². The van der Waals surface area contributed by atoms with Crippen molar-refractivity contribution in [3.8, 4) is 0 Å². The zero-order valence-electron chi connectivity index (χ0n) is 7.35. The lowest BCUT2D eigenvalue weighted by atomic mass is 10.6. The van der Waals surface area contributed by atoms with E-state index in [4.69, 9.17) is 0 Å². The van der Waals surface area contributed by atoms with E-state index in [2.05, 4.69) is 25.4 Å². The van der Waals surface area contributed by atoms with E-state index in [-0.39, 0.29) is 0 Å². The molecule has 1 nitrogen and oxygen atoms in total. The van der Waals surface area contributed by atoms with Crippen molar-refractivity contribution in [2.24, 2.45) is 4.99 Å². The molecule has 0 aliphatic carbocycles. The predicted octanol–water partition coefficient (Wildman–Crippen LogP) is 3.33. The van der Waals surface area contributed by atoms with Gasteiger partial charge in [0.05, 0.1) is 5.55 Å². The van der Waals surface area contributed by atoms with Crippen LogP contribution in [0.4, 0.5) is 0 Å². The Kier molecular flexibility index (Phi) is 14.4. The Balaban J connectivity index is 0. The SMILES string of the molecule is C=C(C)SC=NC.CCC. The largest absolute Gasteiger partial charge is 0.289 e. The molecule has 0 aromatic carbocycles. The zero-order chi connectivity index (χ0) is 8.41. The average molecular weight is 159 g/mol. The molecule has 0 aliphatic heterocycles. The van der Waals surface area contributed by atoms with Crippen molar-refractivity contribution in [2.45, 2.75) is 27.2 Å². The molecule has 0 fully saturated rings. The molecule has 0 N–H and O–H groups in total. The number of nitrogens with zero attached hydrogens (tertiary/aromatic N) is 1. The van der Waals surface area contributed by atoms with Crippen LogP contribution in [0.15, 0.2) is 16.5 Å². The lowest BCUT2D eigenvalue weighted by Crippen LogP contribution is -1.61. The maximum atomic E-state index is 3.75. The van der Waals surface area contributed by atoms with Crippen LogP contribution in [0.2, 0.25) is 0 Å². The van der Waals surface area contributed by atoms with Crippen molar-refractivity contribution in [2.75, 3.05) is 7.05 Å². The molecule has 0 aromatic heterocycles. The smallest absolute Gasteiger partial charge is 0.0582 e. The third-order valence-electron chi connectivity index (χ3n) is 0.359. The lowest BCUT2D eigenvalue weighted by Gasteiger charge is -1.83. The predicted molar refractivity (Wildman–Crippen MR) is 52.8 cm³/mol. The highest BCUT2D eigenvalue weighted by atomic mass is 32.2. The second kappa shape index (κ2) is 11.5. The molecule has 0 aromatic rings. The molecule has 0 saturated carbocycles. The molecule has 0 bridgehead atoms. The molecular weight excluding hydrogens is 142 g/mol. The van der Waals surface area contributed by atoms with Crippen molar-refractivity contribution in [3.63, 3.8) is 0 Å². The third-order valence-corrected chi connectivity index (χ3v) is 1.08. The summed E-state index contributed by atoms with van der Waals surface area (Å²) in [5.41, 5.74) is 1.77. The highest BCUT2D eigenvalue weighted by molar-refractivity contribution is 8.15. The Labute approximate surface area is 68.6 Å². The van der Waals surface area contributed by atoms with E-state index in [1.807, 2.05) is 6.92 Å². The fraction of sp³-hybridized carbons (Fsp3) is 0.625. The van der Waals surface area contributed by atoms with Gasteiger partial charge in [0.2, 0.25) is 0 Å². The summed E-state index contributed by atoms with van der Waals surface area (Å²) in [5.74, 6) is 0. The lowest BCUT2D eigenvalue weighted by molar-refractivity contribution is 1.09. The topological polar surface area (TPSA) is 12.4 Å². The van der Waals surface area contributed by atoms with E-state index < -0.39 is 0 Å². The summed E-state index contributed by atoms with van der Waals surface area (Å²) < 4.78 is 0. The van der Waals surface area contributed by atoms with Gasteiger partial charge in [-0.3, -0.25) is 4.99 Å². The van der Waals surface area contributed by atoms with Crippen molar-refractivity contribution in [1.82, 2.24) is 0 Å². The van der Waals surface area contributed by atoms with Crippen LogP contribution >= 0.6 is 11.8 Å². The van der Waals surface area contributed by atoms with Crippen LogP contribution in [0, 0.1) is 0 Å². The minimum atomic E-state index is 1.07. The molecule has 0 saturated heterocycles. The van der Waals surface area contributed by atoms with Crippen LogP contribution in [0.25, 0.3) is 0 Å². The molecule has 0 rings (SSSR count). The van der Waals surface area contributed by atoms with Gasteiger partial charge in [0, 0.05) is 7.05 Å². The highest BCUT2D eigenvalue weighted by Gasteiger charge is 1.75. The molecule has 0 unspecified atom stereocenters. The van der Waals surface area contributed by atoms with E-state index in [1.165, 1.54) is 6.42 Å².